The Balaban J connectivity index is 1.87. The van der Waals surface area contributed by atoms with Gasteiger partial charge in [-0.1, -0.05) is 6.07 Å². The zero-order chi connectivity index (χ0) is 20.0. The molecule has 150 valence electrons. The SMILES string of the molecule is CN=C(NCc1ccc(O)c(F)c1)NC1CCCN(C(=O)OC(C)(C)C)C1. The van der Waals surface area contributed by atoms with Crippen LogP contribution in [0, 0.1) is 5.82 Å². The minimum Gasteiger partial charge on any atom is -0.505 e. The Hall–Kier alpha value is -2.51. The van der Waals surface area contributed by atoms with Gasteiger partial charge < -0.3 is 25.4 Å². The van der Waals surface area contributed by atoms with Gasteiger partial charge in [-0.25, -0.2) is 9.18 Å². The molecule has 1 atom stereocenters. The van der Waals surface area contributed by atoms with Crippen LogP contribution >= 0.6 is 0 Å². The molecule has 1 amide bonds. The third-order valence-electron chi connectivity index (χ3n) is 4.11. The van der Waals surface area contributed by atoms with Gasteiger partial charge in [-0.2, -0.15) is 0 Å². The summed E-state index contributed by atoms with van der Waals surface area (Å²) in [6.45, 7) is 7.11. The maximum atomic E-state index is 13.4. The van der Waals surface area contributed by atoms with Crippen LogP contribution in [0.1, 0.15) is 39.2 Å². The number of amides is 1. The van der Waals surface area contributed by atoms with E-state index in [1.165, 1.54) is 12.1 Å². The van der Waals surface area contributed by atoms with E-state index in [4.69, 9.17) is 4.74 Å². The highest BCUT2D eigenvalue weighted by Crippen LogP contribution is 2.17. The van der Waals surface area contributed by atoms with E-state index in [-0.39, 0.29) is 17.9 Å². The Kier molecular flexibility index (Phi) is 6.87. The van der Waals surface area contributed by atoms with E-state index in [0.717, 1.165) is 12.8 Å². The minimum absolute atomic E-state index is 0.0500. The molecule has 1 aromatic carbocycles. The lowest BCUT2D eigenvalue weighted by Crippen LogP contribution is -2.53. The second kappa shape index (κ2) is 8.92. The second-order valence-corrected chi connectivity index (χ2v) is 7.62. The Bertz CT molecular complexity index is 688. The molecule has 0 aliphatic carbocycles. The van der Waals surface area contributed by atoms with E-state index in [9.17, 15) is 14.3 Å². The standard InChI is InChI=1S/C19H29FN4O3/c1-19(2,3)27-18(26)24-9-5-6-14(12-24)23-17(21-4)22-11-13-7-8-16(25)15(20)10-13/h7-8,10,14,25H,5-6,9,11-12H2,1-4H3,(H2,21,22,23). The molecule has 27 heavy (non-hydrogen) atoms. The van der Waals surface area contributed by atoms with Crippen LogP contribution in [0.4, 0.5) is 9.18 Å². The number of aromatic hydroxyl groups is 1. The number of carbonyl (C=O) groups excluding carboxylic acids is 1. The first-order valence-electron chi connectivity index (χ1n) is 9.10. The molecule has 0 aromatic heterocycles. The molecule has 1 unspecified atom stereocenters. The average molecular weight is 380 g/mol. The summed E-state index contributed by atoms with van der Waals surface area (Å²) in [6, 6.07) is 4.29. The topological polar surface area (TPSA) is 86.2 Å². The summed E-state index contributed by atoms with van der Waals surface area (Å²) in [6.07, 6.45) is 1.47. The third-order valence-corrected chi connectivity index (χ3v) is 4.11. The van der Waals surface area contributed by atoms with Crippen LogP contribution in [0.5, 0.6) is 5.75 Å². The zero-order valence-corrected chi connectivity index (χ0v) is 16.4. The predicted octanol–water partition coefficient (Wildman–Crippen LogP) is 2.60. The van der Waals surface area contributed by atoms with Gasteiger partial charge in [-0.05, 0) is 51.3 Å². The summed E-state index contributed by atoms with van der Waals surface area (Å²) in [7, 11) is 1.65. The molecule has 1 aromatic rings. The van der Waals surface area contributed by atoms with Crippen LogP contribution in [0.2, 0.25) is 0 Å². The number of phenolic OH excluding ortho intramolecular Hbond substituents is 1. The lowest BCUT2D eigenvalue weighted by molar-refractivity contribution is 0.0193. The van der Waals surface area contributed by atoms with Crippen molar-refractivity contribution in [1.82, 2.24) is 15.5 Å². The first-order valence-corrected chi connectivity index (χ1v) is 9.10. The molecule has 0 radical (unpaired) electrons. The van der Waals surface area contributed by atoms with E-state index >= 15 is 0 Å². The molecule has 1 aliphatic heterocycles. The van der Waals surface area contributed by atoms with Crippen LogP contribution in [-0.2, 0) is 11.3 Å². The Morgan fingerprint density at radius 3 is 2.81 bits per heavy atom. The highest BCUT2D eigenvalue weighted by atomic mass is 19.1. The van der Waals surface area contributed by atoms with Gasteiger partial charge >= 0.3 is 6.09 Å². The molecule has 0 bridgehead atoms. The summed E-state index contributed by atoms with van der Waals surface area (Å²) in [5, 5.41) is 15.7. The lowest BCUT2D eigenvalue weighted by atomic mass is 10.1. The number of guanidine groups is 1. The van der Waals surface area contributed by atoms with Crippen molar-refractivity contribution in [3.05, 3.63) is 29.6 Å². The molecule has 1 fully saturated rings. The number of benzene rings is 1. The van der Waals surface area contributed by atoms with Gasteiger partial charge in [0.05, 0.1) is 0 Å². The monoisotopic (exact) mass is 380 g/mol. The molecule has 3 N–H and O–H groups in total. The molecular weight excluding hydrogens is 351 g/mol. The van der Waals surface area contributed by atoms with Gasteiger partial charge in [0.15, 0.2) is 17.5 Å². The fourth-order valence-corrected chi connectivity index (χ4v) is 2.82. The summed E-state index contributed by atoms with van der Waals surface area (Å²) < 4.78 is 18.9. The summed E-state index contributed by atoms with van der Waals surface area (Å²) in [4.78, 5) is 18.1. The predicted molar refractivity (Wildman–Crippen MR) is 102 cm³/mol. The molecule has 8 heteroatoms. The molecule has 7 nitrogen and oxygen atoms in total. The molecule has 1 heterocycles. The van der Waals surface area contributed by atoms with Crippen LogP contribution in [0.3, 0.4) is 0 Å². The number of piperidine rings is 1. The number of carbonyl (C=O) groups is 1. The number of nitrogens with zero attached hydrogens (tertiary/aromatic N) is 2. The molecule has 0 spiro atoms. The number of halogens is 1. The van der Waals surface area contributed by atoms with Crippen molar-refractivity contribution in [1.29, 1.82) is 0 Å². The summed E-state index contributed by atoms with van der Waals surface area (Å²) in [5.74, 6) is -0.456. The van der Waals surface area contributed by atoms with Gasteiger partial charge in [0.2, 0.25) is 0 Å². The van der Waals surface area contributed by atoms with E-state index in [2.05, 4.69) is 15.6 Å². The van der Waals surface area contributed by atoms with Gasteiger partial charge in [0.25, 0.3) is 0 Å². The van der Waals surface area contributed by atoms with Crippen LogP contribution in [-0.4, -0.2) is 53.8 Å². The Morgan fingerprint density at radius 2 is 2.19 bits per heavy atom. The van der Waals surface area contributed by atoms with E-state index in [1.54, 1.807) is 18.0 Å². The largest absolute Gasteiger partial charge is 0.505 e. The average Bonchev–Trinajstić information content (AvgIpc) is 2.60. The Labute approximate surface area is 159 Å². The van der Waals surface area contributed by atoms with E-state index < -0.39 is 11.4 Å². The van der Waals surface area contributed by atoms with Crippen molar-refractivity contribution >= 4 is 12.1 Å². The lowest BCUT2D eigenvalue weighted by Gasteiger charge is -2.35. The zero-order valence-electron chi connectivity index (χ0n) is 16.4. The highest BCUT2D eigenvalue weighted by molar-refractivity contribution is 5.80. The van der Waals surface area contributed by atoms with E-state index in [0.29, 0.717) is 31.2 Å². The van der Waals surface area contributed by atoms with Gasteiger partial charge in [0.1, 0.15) is 5.60 Å². The number of rotatable bonds is 3. The summed E-state index contributed by atoms with van der Waals surface area (Å²) in [5.41, 5.74) is 0.168. The fraction of sp³-hybridized carbons (Fsp3) is 0.579. The van der Waals surface area contributed by atoms with Gasteiger partial charge in [-0.15, -0.1) is 0 Å². The third kappa shape index (κ3) is 6.62. The highest BCUT2D eigenvalue weighted by Gasteiger charge is 2.28. The minimum atomic E-state index is -0.655. The van der Waals surface area contributed by atoms with Crippen molar-refractivity contribution in [2.45, 2.75) is 51.8 Å². The summed E-state index contributed by atoms with van der Waals surface area (Å²) >= 11 is 0. The van der Waals surface area contributed by atoms with Gasteiger partial charge in [-0.3, -0.25) is 4.99 Å². The normalized spacial score (nSPS) is 18.2. The smallest absolute Gasteiger partial charge is 0.410 e. The maximum absolute atomic E-state index is 13.4. The number of hydrogen-bond donors (Lipinski definition) is 3. The number of hydrogen-bond acceptors (Lipinski definition) is 4. The second-order valence-electron chi connectivity index (χ2n) is 7.62. The van der Waals surface area contributed by atoms with E-state index in [1.807, 2.05) is 20.8 Å². The van der Waals surface area contributed by atoms with Gasteiger partial charge in [0, 0.05) is 32.7 Å². The first-order chi connectivity index (χ1) is 12.7. The van der Waals surface area contributed by atoms with Crippen LogP contribution in [0.25, 0.3) is 0 Å². The molecule has 0 saturated carbocycles. The van der Waals surface area contributed by atoms with Crippen molar-refractivity contribution < 1.29 is 19.0 Å². The number of nitrogens with one attached hydrogen (secondary N) is 2. The Morgan fingerprint density at radius 1 is 1.44 bits per heavy atom. The van der Waals surface area contributed by atoms with Crippen molar-refractivity contribution in [2.24, 2.45) is 4.99 Å². The maximum Gasteiger partial charge on any atom is 0.410 e. The molecule has 1 aliphatic rings. The quantitative estimate of drug-likeness (QED) is 0.554. The molecule has 1 saturated heterocycles. The number of aliphatic imine (C=N–C) groups is 1. The molecule has 2 rings (SSSR count). The van der Waals surface area contributed by atoms with Crippen molar-refractivity contribution in [3.8, 4) is 5.75 Å². The number of ether oxygens (including phenoxy) is 1. The van der Waals surface area contributed by atoms with Crippen LogP contribution < -0.4 is 10.6 Å². The van der Waals surface area contributed by atoms with Crippen molar-refractivity contribution in [3.63, 3.8) is 0 Å². The number of phenols is 1. The number of likely N-dealkylation sites (tertiary alicyclic amines) is 1. The molecular formula is C19H29FN4O3. The van der Waals surface area contributed by atoms with Crippen LogP contribution in [0.15, 0.2) is 23.2 Å². The fourth-order valence-electron chi connectivity index (χ4n) is 2.82. The van der Waals surface area contributed by atoms with Crippen molar-refractivity contribution in [2.75, 3.05) is 20.1 Å². The first kappa shape index (κ1) is 20.8.